The zero-order valence-corrected chi connectivity index (χ0v) is 7.46. The number of hydrogen-bond donors (Lipinski definition) is 0. The molecule has 0 saturated heterocycles. The Morgan fingerprint density at radius 3 is 2.18 bits per heavy atom. The third kappa shape index (κ3) is 3.19. The van der Waals surface area contributed by atoms with Crippen molar-refractivity contribution >= 4 is 0 Å². The van der Waals surface area contributed by atoms with Crippen molar-refractivity contribution in [3.05, 3.63) is 35.9 Å². The Morgan fingerprint density at radius 1 is 1.18 bits per heavy atom. The molecule has 11 heavy (non-hydrogen) atoms. The van der Waals surface area contributed by atoms with Gasteiger partial charge in [-0.1, -0.05) is 24.3 Å². The van der Waals surface area contributed by atoms with Crippen LogP contribution in [0.4, 0.5) is 0 Å². The Bertz CT molecular complexity index is 208. The lowest BCUT2D eigenvalue weighted by molar-refractivity contribution is -0.884. The third-order valence-corrected chi connectivity index (χ3v) is 1.44. The van der Waals surface area contributed by atoms with Crippen LogP contribution in [0.25, 0.3) is 0 Å². The summed E-state index contributed by atoms with van der Waals surface area (Å²) < 4.78 is 0.976. The fourth-order valence-corrected chi connectivity index (χ4v) is 1.07. The summed E-state index contributed by atoms with van der Waals surface area (Å²) >= 11 is 0. The van der Waals surface area contributed by atoms with Crippen molar-refractivity contribution in [2.24, 2.45) is 0 Å². The SMILES string of the molecule is C[N+](C)(C)Cc1cc[c]cc1. The van der Waals surface area contributed by atoms with Crippen LogP contribution in [-0.4, -0.2) is 25.6 Å². The van der Waals surface area contributed by atoms with Crippen molar-refractivity contribution in [1.82, 2.24) is 0 Å². The largest absolute Gasteiger partial charge is 0.327 e. The molecule has 0 fully saturated rings. The van der Waals surface area contributed by atoms with E-state index < -0.39 is 0 Å². The maximum absolute atomic E-state index is 3.01. The van der Waals surface area contributed by atoms with Crippen LogP contribution >= 0.6 is 0 Å². The lowest BCUT2D eigenvalue weighted by Crippen LogP contribution is -2.33. The predicted octanol–water partition coefficient (Wildman–Crippen LogP) is 1.69. The molecule has 0 aliphatic heterocycles. The zero-order valence-electron chi connectivity index (χ0n) is 7.46. The Balaban J connectivity index is 2.66. The Hall–Kier alpha value is -0.820. The van der Waals surface area contributed by atoms with Crippen LogP contribution in [0.15, 0.2) is 24.3 Å². The summed E-state index contributed by atoms with van der Waals surface area (Å²) in [6, 6.07) is 11.2. The van der Waals surface area contributed by atoms with Crippen LogP contribution in [0.5, 0.6) is 0 Å². The summed E-state index contributed by atoms with van der Waals surface area (Å²) in [5.74, 6) is 0. The monoisotopic (exact) mass is 149 g/mol. The van der Waals surface area contributed by atoms with Gasteiger partial charge in [0.15, 0.2) is 0 Å². The molecule has 1 radical (unpaired) electrons. The maximum Gasteiger partial charge on any atom is 0.104 e. The number of hydrogen-bond acceptors (Lipinski definition) is 0. The fraction of sp³-hybridized carbons (Fsp3) is 0.400. The second kappa shape index (κ2) is 3.05. The Kier molecular flexibility index (Phi) is 2.30. The summed E-state index contributed by atoms with van der Waals surface area (Å²) in [6.07, 6.45) is 0. The van der Waals surface area contributed by atoms with Gasteiger partial charge >= 0.3 is 0 Å². The lowest BCUT2D eigenvalue weighted by atomic mass is 10.2. The first-order chi connectivity index (χ1) is 5.08. The summed E-state index contributed by atoms with van der Waals surface area (Å²) in [5.41, 5.74) is 1.37. The first kappa shape index (κ1) is 8.28. The predicted molar refractivity (Wildman–Crippen MR) is 47.0 cm³/mol. The number of quaternary nitrogens is 1. The lowest BCUT2D eigenvalue weighted by Gasteiger charge is -2.23. The average Bonchev–Trinajstić information content (AvgIpc) is 1.85. The molecule has 0 saturated carbocycles. The summed E-state index contributed by atoms with van der Waals surface area (Å²) in [4.78, 5) is 0. The molecular weight excluding hydrogens is 134 g/mol. The quantitative estimate of drug-likeness (QED) is 0.561. The number of nitrogens with zero attached hydrogens (tertiary/aromatic N) is 1. The minimum Gasteiger partial charge on any atom is -0.327 e. The molecule has 0 spiro atoms. The molecule has 1 rings (SSSR count). The van der Waals surface area contributed by atoms with Crippen molar-refractivity contribution in [1.29, 1.82) is 0 Å². The Morgan fingerprint density at radius 2 is 1.73 bits per heavy atom. The van der Waals surface area contributed by atoms with E-state index in [-0.39, 0.29) is 0 Å². The Labute approximate surface area is 68.9 Å². The van der Waals surface area contributed by atoms with Crippen LogP contribution in [0.3, 0.4) is 0 Å². The highest BCUT2D eigenvalue weighted by atomic mass is 15.3. The van der Waals surface area contributed by atoms with Gasteiger partial charge in [0.25, 0.3) is 0 Å². The van der Waals surface area contributed by atoms with Crippen LogP contribution in [0.1, 0.15) is 5.56 Å². The minimum absolute atomic E-state index is 0.976. The molecular formula is C10H15N+. The standard InChI is InChI=1S/C10H15N/c1-11(2,3)9-10-7-5-4-6-8-10/h5-8H,9H2,1-3H3/q+1. The molecule has 0 heterocycles. The average molecular weight is 149 g/mol. The smallest absolute Gasteiger partial charge is 0.104 e. The molecule has 0 N–H and O–H groups in total. The van der Waals surface area contributed by atoms with E-state index in [1.807, 2.05) is 12.1 Å². The molecule has 0 aliphatic rings. The van der Waals surface area contributed by atoms with E-state index in [0.717, 1.165) is 11.0 Å². The first-order valence-corrected chi connectivity index (χ1v) is 3.83. The molecule has 0 atom stereocenters. The molecule has 1 aromatic carbocycles. The van der Waals surface area contributed by atoms with E-state index in [0.29, 0.717) is 0 Å². The van der Waals surface area contributed by atoms with Gasteiger partial charge in [0.2, 0.25) is 0 Å². The van der Waals surface area contributed by atoms with Crippen LogP contribution in [-0.2, 0) is 6.54 Å². The summed E-state index contributed by atoms with van der Waals surface area (Å²) in [7, 11) is 6.57. The summed E-state index contributed by atoms with van der Waals surface area (Å²) in [6.45, 7) is 1.08. The van der Waals surface area contributed by atoms with Gasteiger partial charge in [0.1, 0.15) is 6.54 Å². The molecule has 1 aromatic rings. The highest BCUT2D eigenvalue weighted by Gasteiger charge is 2.06. The van der Waals surface area contributed by atoms with Crippen LogP contribution in [0, 0.1) is 6.07 Å². The van der Waals surface area contributed by atoms with Crippen molar-refractivity contribution < 1.29 is 4.48 Å². The van der Waals surface area contributed by atoms with E-state index in [2.05, 4.69) is 39.3 Å². The van der Waals surface area contributed by atoms with E-state index >= 15 is 0 Å². The van der Waals surface area contributed by atoms with Crippen LogP contribution in [0.2, 0.25) is 0 Å². The molecule has 0 unspecified atom stereocenters. The molecule has 0 amide bonds. The number of benzene rings is 1. The second-order valence-corrected chi connectivity index (χ2v) is 3.86. The van der Waals surface area contributed by atoms with Gasteiger partial charge in [-0.05, 0) is 6.07 Å². The van der Waals surface area contributed by atoms with Gasteiger partial charge in [0, 0.05) is 5.56 Å². The number of rotatable bonds is 2. The van der Waals surface area contributed by atoms with Gasteiger partial charge in [0.05, 0.1) is 21.1 Å². The molecule has 0 aromatic heterocycles. The van der Waals surface area contributed by atoms with Crippen molar-refractivity contribution in [2.75, 3.05) is 21.1 Å². The second-order valence-electron chi connectivity index (χ2n) is 3.86. The van der Waals surface area contributed by atoms with Gasteiger partial charge in [-0.25, -0.2) is 0 Å². The minimum atomic E-state index is 0.976. The fourth-order valence-electron chi connectivity index (χ4n) is 1.07. The molecule has 0 bridgehead atoms. The molecule has 59 valence electrons. The topological polar surface area (TPSA) is 0 Å². The van der Waals surface area contributed by atoms with Gasteiger partial charge in [-0.3, -0.25) is 0 Å². The first-order valence-electron chi connectivity index (χ1n) is 3.83. The highest BCUT2D eigenvalue weighted by Crippen LogP contribution is 2.04. The van der Waals surface area contributed by atoms with Gasteiger partial charge < -0.3 is 4.48 Å². The molecule has 1 heteroatoms. The van der Waals surface area contributed by atoms with Crippen molar-refractivity contribution in [3.8, 4) is 0 Å². The van der Waals surface area contributed by atoms with Gasteiger partial charge in [-0.2, -0.15) is 0 Å². The zero-order chi connectivity index (χ0) is 8.32. The van der Waals surface area contributed by atoms with Crippen molar-refractivity contribution in [3.63, 3.8) is 0 Å². The molecule has 1 nitrogen and oxygen atoms in total. The molecule has 0 aliphatic carbocycles. The van der Waals surface area contributed by atoms with E-state index in [9.17, 15) is 0 Å². The van der Waals surface area contributed by atoms with Crippen molar-refractivity contribution in [2.45, 2.75) is 6.54 Å². The van der Waals surface area contributed by atoms with Crippen LogP contribution < -0.4 is 0 Å². The van der Waals surface area contributed by atoms with E-state index in [1.165, 1.54) is 5.56 Å². The van der Waals surface area contributed by atoms with E-state index in [1.54, 1.807) is 0 Å². The third-order valence-electron chi connectivity index (χ3n) is 1.44. The maximum atomic E-state index is 3.01. The summed E-state index contributed by atoms with van der Waals surface area (Å²) in [5, 5.41) is 0. The van der Waals surface area contributed by atoms with E-state index in [4.69, 9.17) is 0 Å². The highest BCUT2D eigenvalue weighted by molar-refractivity contribution is 5.12. The van der Waals surface area contributed by atoms with Gasteiger partial charge in [-0.15, -0.1) is 0 Å². The normalized spacial score (nSPS) is 11.5.